The molecular weight excluding hydrogens is 328 g/mol. The molecule has 136 valence electrons. The summed E-state index contributed by atoms with van der Waals surface area (Å²) < 4.78 is 16.2. The highest BCUT2D eigenvalue weighted by atomic mass is 35.5. The van der Waals surface area contributed by atoms with Crippen LogP contribution in [0.25, 0.3) is 0 Å². The van der Waals surface area contributed by atoms with Crippen molar-refractivity contribution in [3.8, 4) is 11.5 Å². The molecule has 1 atom stereocenters. The lowest BCUT2D eigenvalue weighted by Crippen LogP contribution is -2.28. The third-order valence-electron chi connectivity index (χ3n) is 5.03. The third kappa shape index (κ3) is 4.54. The molecule has 0 saturated carbocycles. The Bertz CT molecular complexity index is 521. The Morgan fingerprint density at radius 2 is 2.04 bits per heavy atom. The van der Waals surface area contributed by atoms with Crippen LogP contribution in [0.2, 0.25) is 0 Å². The normalized spacial score (nSPS) is 23.4. The second-order valence-corrected chi connectivity index (χ2v) is 6.71. The summed E-state index contributed by atoms with van der Waals surface area (Å²) >= 11 is 0. The van der Waals surface area contributed by atoms with Gasteiger partial charge in [0.25, 0.3) is 0 Å². The van der Waals surface area contributed by atoms with Gasteiger partial charge >= 0.3 is 0 Å². The number of nitrogens with zero attached hydrogens (tertiary/aromatic N) is 1. The van der Waals surface area contributed by atoms with Crippen LogP contribution in [-0.4, -0.2) is 58.5 Å². The van der Waals surface area contributed by atoms with Crippen molar-refractivity contribution in [2.45, 2.75) is 19.4 Å². The summed E-state index contributed by atoms with van der Waals surface area (Å²) in [5.74, 6) is 1.58. The zero-order valence-corrected chi connectivity index (χ0v) is 15.5. The second kappa shape index (κ2) is 8.90. The first kappa shape index (κ1) is 19.3. The van der Waals surface area contributed by atoms with Gasteiger partial charge in [-0.2, -0.15) is 0 Å². The fourth-order valence-corrected chi connectivity index (χ4v) is 3.73. The minimum atomic E-state index is 0. The van der Waals surface area contributed by atoms with Crippen LogP contribution in [0.15, 0.2) is 18.2 Å². The molecule has 0 aliphatic carbocycles. The van der Waals surface area contributed by atoms with Crippen molar-refractivity contribution < 1.29 is 14.2 Å². The van der Waals surface area contributed by atoms with Gasteiger partial charge in [-0.3, -0.25) is 4.90 Å². The van der Waals surface area contributed by atoms with Crippen molar-refractivity contribution in [1.82, 2.24) is 10.2 Å². The number of ether oxygens (including phenoxy) is 3. The van der Waals surface area contributed by atoms with Crippen molar-refractivity contribution in [2.24, 2.45) is 5.41 Å². The van der Waals surface area contributed by atoms with Gasteiger partial charge in [-0.1, -0.05) is 6.07 Å². The number of benzene rings is 1. The second-order valence-electron chi connectivity index (χ2n) is 6.71. The van der Waals surface area contributed by atoms with Crippen LogP contribution < -0.4 is 14.8 Å². The average molecular weight is 357 g/mol. The van der Waals surface area contributed by atoms with Gasteiger partial charge in [-0.15, -0.1) is 12.4 Å². The fraction of sp³-hybridized carbons (Fsp3) is 0.667. The number of hydrogen-bond acceptors (Lipinski definition) is 5. The molecule has 6 heteroatoms. The molecule has 24 heavy (non-hydrogen) atoms. The van der Waals surface area contributed by atoms with Crippen LogP contribution in [0.1, 0.15) is 18.4 Å². The summed E-state index contributed by atoms with van der Waals surface area (Å²) in [5.41, 5.74) is 1.80. The van der Waals surface area contributed by atoms with Crippen molar-refractivity contribution in [3.63, 3.8) is 0 Å². The molecule has 2 saturated heterocycles. The molecule has 1 aromatic carbocycles. The van der Waals surface area contributed by atoms with Crippen LogP contribution in [0.5, 0.6) is 11.5 Å². The Balaban J connectivity index is 0.00000208. The molecule has 2 aliphatic heterocycles. The quantitative estimate of drug-likeness (QED) is 0.759. The van der Waals surface area contributed by atoms with Gasteiger partial charge in [0.2, 0.25) is 0 Å². The van der Waals surface area contributed by atoms with Crippen molar-refractivity contribution >= 4 is 12.4 Å². The van der Waals surface area contributed by atoms with E-state index in [0.29, 0.717) is 18.6 Å². The Kier molecular flexibility index (Phi) is 7.16. The van der Waals surface area contributed by atoms with E-state index in [0.717, 1.165) is 18.0 Å². The molecule has 1 unspecified atom stereocenters. The molecular formula is C18H29ClN2O3. The van der Waals surface area contributed by atoms with E-state index in [1.165, 1.54) is 44.6 Å². The summed E-state index contributed by atoms with van der Waals surface area (Å²) in [6.07, 6.45) is 2.63. The van der Waals surface area contributed by atoms with E-state index in [2.05, 4.69) is 22.3 Å². The molecule has 0 bridgehead atoms. The Hall–Kier alpha value is -1.01. The number of methoxy groups -OCH3 is 2. The zero-order valence-electron chi connectivity index (χ0n) is 14.7. The monoisotopic (exact) mass is 356 g/mol. The SMILES string of the molecule is COCCOc1ccc(CN2CCC3(CCNC3)C2)cc1OC.Cl. The van der Waals surface area contributed by atoms with E-state index in [1.807, 2.05) is 6.07 Å². The summed E-state index contributed by atoms with van der Waals surface area (Å²) in [6, 6.07) is 6.25. The maximum Gasteiger partial charge on any atom is 0.161 e. The molecule has 0 amide bonds. The number of rotatable bonds is 7. The molecule has 3 rings (SSSR count). The lowest BCUT2D eigenvalue weighted by molar-refractivity contribution is 0.144. The molecule has 5 nitrogen and oxygen atoms in total. The largest absolute Gasteiger partial charge is 0.493 e. The predicted octanol–water partition coefficient (Wildman–Crippen LogP) is 2.33. The topological polar surface area (TPSA) is 43.0 Å². The molecule has 1 N–H and O–H groups in total. The predicted molar refractivity (Wildman–Crippen MR) is 97.4 cm³/mol. The molecule has 2 aliphatic rings. The summed E-state index contributed by atoms with van der Waals surface area (Å²) in [5, 5.41) is 3.52. The van der Waals surface area contributed by atoms with Crippen LogP contribution in [0.4, 0.5) is 0 Å². The van der Waals surface area contributed by atoms with Gasteiger partial charge in [-0.05, 0) is 49.0 Å². The number of nitrogens with one attached hydrogen (secondary N) is 1. The molecule has 0 radical (unpaired) electrons. The first-order valence-electron chi connectivity index (χ1n) is 8.46. The first-order valence-corrected chi connectivity index (χ1v) is 8.46. The maximum absolute atomic E-state index is 5.70. The highest BCUT2D eigenvalue weighted by Crippen LogP contribution is 2.37. The van der Waals surface area contributed by atoms with E-state index in [1.54, 1.807) is 14.2 Å². The molecule has 2 heterocycles. The minimum absolute atomic E-state index is 0. The molecule has 1 aromatic rings. The van der Waals surface area contributed by atoms with Gasteiger partial charge in [-0.25, -0.2) is 0 Å². The first-order chi connectivity index (χ1) is 11.2. The molecule has 0 aromatic heterocycles. The third-order valence-corrected chi connectivity index (χ3v) is 5.03. The van der Waals surface area contributed by atoms with E-state index in [-0.39, 0.29) is 12.4 Å². The summed E-state index contributed by atoms with van der Waals surface area (Å²) in [6.45, 7) is 6.85. The van der Waals surface area contributed by atoms with Gasteiger partial charge in [0.05, 0.1) is 13.7 Å². The average Bonchev–Trinajstić information content (AvgIpc) is 3.19. The Morgan fingerprint density at radius 1 is 1.17 bits per heavy atom. The van der Waals surface area contributed by atoms with Gasteiger partial charge in [0, 0.05) is 26.7 Å². The summed E-state index contributed by atoms with van der Waals surface area (Å²) in [4.78, 5) is 2.56. The number of likely N-dealkylation sites (tertiary alicyclic amines) is 1. The van der Waals surface area contributed by atoms with E-state index in [4.69, 9.17) is 14.2 Å². The highest BCUT2D eigenvalue weighted by Gasteiger charge is 2.40. The molecule has 1 spiro atoms. The molecule has 2 fully saturated rings. The van der Waals surface area contributed by atoms with E-state index >= 15 is 0 Å². The smallest absolute Gasteiger partial charge is 0.161 e. The number of hydrogen-bond donors (Lipinski definition) is 1. The van der Waals surface area contributed by atoms with Crippen LogP contribution >= 0.6 is 12.4 Å². The van der Waals surface area contributed by atoms with Gasteiger partial charge in [0.1, 0.15) is 6.61 Å². The van der Waals surface area contributed by atoms with E-state index in [9.17, 15) is 0 Å². The van der Waals surface area contributed by atoms with Crippen LogP contribution in [-0.2, 0) is 11.3 Å². The zero-order chi connectivity index (χ0) is 16.1. The lowest BCUT2D eigenvalue weighted by Gasteiger charge is -2.23. The van der Waals surface area contributed by atoms with Gasteiger partial charge in [0.15, 0.2) is 11.5 Å². The minimum Gasteiger partial charge on any atom is -0.493 e. The Labute approximate surface area is 151 Å². The van der Waals surface area contributed by atoms with E-state index < -0.39 is 0 Å². The van der Waals surface area contributed by atoms with Crippen molar-refractivity contribution in [2.75, 3.05) is 53.6 Å². The number of halogens is 1. The fourth-order valence-electron chi connectivity index (χ4n) is 3.73. The highest BCUT2D eigenvalue weighted by molar-refractivity contribution is 5.85. The lowest BCUT2D eigenvalue weighted by atomic mass is 9.86. The van der Waals surface area contributed by atoms with Crippen molar-refractivity contribution in [3.05, 3.63) is 23.8 Å². The maximum atomic E-state index is 5.70. The van der Waals surface area contributed by atoms with Crippen LogP contribution in [0.3, 0.4) is 0 Å². The standard InChI is InChI=1S/C18H28N2O3.ClH/c1-21-9-10-23-16-4-3-15(11-17(16)22-2)12-20-8-6-18(14-20)5-7-19-13-18;/h3-4,11,19H,5-10,12-14H2,1-2H3;1H. The Morgan fingerprint density at radius 3 is 2.75 bits per heavy atom. The van der Waals surface area contributed by atoms with Crippen LogP contribution in [0, 0.1) is 5.41 Å². The van der Waals surface area contributed by atoms with Gasteiger partial charge < -0.3 is 19.5 Å². The summed E-state index contributed by atoms with van der Waals surface area (Å²) in [7, 11) is 3.36. The van der Waals surface area contributed by atoms with Crippen molar-refractivity contribution in [1.29, 1.82) is 0 Å².